The molecule has 2 aromatic heterocycles. The molecule has 1 amide bonds. The zero-order valence-electron chi connectivity index (χ0n) is 19.3. The van der Waals surface area contributed by atoms with Crippen LogP contribution in [0.3, 0.4) is 0 Å². The number of likely N-dealkylation sites (tertiary alicyclic amines) is 1. The van der Waals surface area contributed by atoms with Crippen LogP contribution in [0.1, 0.15) is 29.8 Å². The number of ketones is 1. The second-order valence-electron chi connectivity index (χ2n) is 8.31. The summed E-state index contributed by atoms with van der Waals surface area (Å²) >= 11 is 0. The fraction of sp³-hybridized carbons (Fsp3) is 0.179. The number of nitrogens with one attached hydrogen (secondary N) is 1. The second kappa shape index (κ2) is 9.46. The third kappa shape index (κ3) is 4.17. The third-order valence-electron chi connectivity index (χ3n) is 6.24. The highest BCUT2D eigenvalue weighted by Gasteiger charge is 2.46. The van der Waals surface area contributed by atoms with Crippen LogP contribution < -0.4 is 4.74 Å². The third-order valence-corrected chi connectivity index (χ3v) is 6.24. The van der Waals surface area contributed by atoms with Gasteiger partial charge in [-0.1, -0.05) is 24.3 Å². The molecule has 4 aromatic rings. The first-order chi connectivity index (χ1) is 17.1. The molecule has 5 rings (SSSR count). The Kier molecular flexibility index (Phi) is 6.06. The molecule has 0 radical (unpaired) electrons. The van der Waals surface area contributed by atoms with Crippen molar-refractivity contribution in [3.8, 4) is 5.75 Å². The normalized spacial score (nSPS) is 17.3. The largest absolute Gasteiger partial charge is 0.507 e. The number of aliphatic hydroxyl groups excluding tert-OH is 1. The summed E-state index contributed by atoms with van der Waals surface area (Å²) < 4.78 is 5.47. The molecule has 1 aliphatic rings. The summed E-state index contributed by atoms with van der Waals surface area (Å²) in [7, 11) is 0. The summed E-state index contributed by atoms with van der Waals surface area (Å²) in [6.45, 7) is 2.71. The van der Waals surface area contributed by atoms with Gasteiger partial charge in [-0.15, -0.1) is 0 Å². The van der Waals surface area contributed by atoms with Gasteiger partial charge < -0.3 is 19.7 Å². The van der Waals surface area contributed by atoms with Crippen LogP contribution in [0.15, 0.2) is 84.7 Å². The lowest BCUT2D eigenvalue weighted by molar-refractivity contribution is -0.139. The van der Waals surface area contributed by atoms with Crippen molar-refractivity contribution in [3.05, 3.63) is 102 Å². The van der Waals surface area contributed by atoms with E-state index in [1.54, 1.807) is 48.7 Å². The van der Waals surface area contributed by atoms with Gasteiger partial charge in [0.2, 0.25) is 0 Å². The number of carbonyl (C=O) groups excluding carboxylic acids is 2. The van der Waals surface area contributed by atoms with Gasteiger partial charge in [-0.25, -0.2) is 0 Å². The molecule has 7 nitrogen and oxygen atoms in total. The summed E-state index contributed by atoms with van der Waals surface area (Å²) in [4.78, 5) is 35.5. The number of H-pyrrole nitrogens is 1. The summed E-state index contributed by atoms with van der Waals surface area (Å²) in [5, 5.41) is 12.3. The maximum absolute atomic E-state index is 13.2. The highest BCUT2D eigenvalue weighted by atomic mass is 16.5. The van der Waals surface area contributed by atoms with Crippen LogP contribution in [-0.4, -0.2) is 44.8 Å². The minimum Gasteiger partial charge on any atom is -0.507 e. The first-order valence-corrected chi connectivity index (χ1v) is 11.6. The second-order valence-corrected chi connectivity index (χ2v) is 8.31. The van der Waals surface area contributed by atoms with Crippen LogP contribution in [-0.2, 0) is 16.0 Å². The van der Waals surface area contributed by atoms with Gasteiger partial charge in [-0.2, -0.15) is 0 Å². The molecular weight excluding hydrogens is 442 g/mol. The van der Waals surface area contributed by atoms with Crippen molar-refractivity contribution in [2.24, 2.45) is 0 Å². The quantitative estimate of drug-likeness (QED) is 0.235. The Hall–Kier alpha value is -4.39. The van der Waals surface area contributed by atoms with E-state index in [0.29, 0.717) is 36.6 Å². The van der Waals surface area contributed by atoms with Crippen molar-refractivity contribution < 1.29 is 19.4 Å². The Balaban J connectivity index is 1.52. The Morgan fingerprint density at radius 2 is 1.83 bits per heavy atom. The molecular formula is C28H25N3O4. The summed E-state index contributed by atoms with van der Waals surface area (Å²) in [5.74, 6) is -0.930. The summed E-state index contributed by atoms with van der Waals surface area (Å²) in [6.07, 6.45) is 4.09. The number of aromatic nitrogens is 2. The topological polar surface area (TPSA) is 95.5 Å². The van der Waals surface area contributed by atoms with Crippen molar-refractivity contribution in [1.29, 1.82) is 0 Å². The van der Waals surface area contributed by atoms with E-state index < -0.39 is 17.7 Å². The van der Waals surface area contributed by atoms with E-state index in [-0.39, 0.29) is 11.3 Å². The number of fused-ring (bicyclic) bond motifs is 1. The maximum Gasteiger partial charge on any atom is 0.295 e. The molecule has 1 aliphatic heterocycles. The van der Waals surface area contributed by atoms with E-state index in [0.717, 1.165) is 16.5 Å². The fourth-order valence-corrected chi connectivity index (χ4v) is 4.57. The number of benzene rings is 2. The van der Waals surface area contributed by atoms with Gasteiger partial charge in [-0.3, -0.25) is 14.6 Å². The molecule has 1 fully saturated rings. The Morgan fingerprint density at radius 3 is 2.57 bits per heavy atom. The van der Waals surface area contributed by atoms with Gasteiger partial charge >= 0.3 is 0 Å². The number of aromatic amines is 1. The number of aliphatic hydroxyl groups is 1. The van der Waals surface area contributed by atoms with E-state index in [9.17, 15) is 14.7 Å². The molecule has 2 aromatic carbocycles. The van der Waals surface area contributed by atoms with Crippen molar-refractivity contribution in [2.45, 2.75) is 19.4 Å². The number of hydrogen-bond donors (Lipinski definition) is 2. The number of rotatable bonds is 7. The van der Waals surface area contributed by atoms with Crippen molar-refractivity contribution in [2.75, 3.05) is 13.2 Å². The molecule has 7 heteroatoms. The first-order valence-electron chi connectivity index (χ1n) is 11.6. The van der Waals surface area contributed by atoms with Crippen molar-refractivity contribution in [1.82, 2.24) is 14.9 Å². The van der Waals surface area contributed by atoms with Crippen LogP contribution in [0.2, 0.25) is 0 Å². The zero-order valence-corrected chi connectivity index (χ0v) is 19.3. The Labute approximate surface area is 202 Å². The summed E-state index contributed by atoms with van der Waals surface area (Å²) in [5.41, 5.74) is 3.06. The molecule has 0 saturated carbocycles. The van der Waals surface area contributed by atoms with E-state index in [2.05, 4.69) is 9.97 Å². The number of ether oxygens (including phenoxy) is 1. The van der Waals surface area contributed by atoms with Gasteiger partial charge in [0.1, 0.15) is 17.6 Å². The molecule has 1 unspecified atom stereocenters. The minimum absolute atomic E-state index is 0.0387. The monoisotopic (exact) mass is 467 g/mol. The lowest BCUT2D eigenvalue weighted by atomic mass is 9.98. The summed E-state index contributed by atoms with van der Waals surface area (Å²) in [6, 6.07) is 19.3. The molecule has 1 atom stereocenters. The van der Waals surface area contributed by atoms with Gasteiger partial charge in [0.25, 0.3) is 11.7 Å². The van der Waals surface area contributed by atoms with Gasteiger partial charge in [0, 0.05) is 35.4 Å². The number of amides is 1. The first kappa shape index (κ1) is 22.4. The fourth-order valence-electron chi connectivity index (χ4n) is 4.57. The highest BCUT2D eigenvalue weighted by Crippen LogP contribution is 2.39. The van der Waals surface area contributed by atoms with Crippen LogP contribution in [0.4, 0.5) is 0 Å². The van der Waals surface area contributed by atoms with Gasteiger partial charge in [0.15, 0.2) is 0 Å². The van der Waals surface area contributed by atoms with Crippen molar-refractivity contribution in [3.63, 3.8) is 0 Å². The number of carbonyl (C=O) groups is 2. The number of para-hydroxylation sites is 1. The lowest BCUT2D eigenvalue weighted by Gasteiger charge is -2.24. The number of pyridine rings is 1. The smallest absolute Gasteiger partial charge is 0.295 e. The molecule has 3 heterocycles. The molecule has 0 bridgehead atoms. The van der Waals surface area contributed by atoms with Crippen LogP contribution in [0, 0.1) is 0 Å². The van der Waals surface area contributed by atoms with Crippen LogP contribution in [0.5, 0.6) is 5.75 Å². The molecule has 1 saturated heterocycles. The molecule has 2 N–H and O–H groups in total. The molecule has 0 aliphatic carbocycles. The predicted octanol–water partition coefficient (Wildman–Crippen LogP) is 4.63. The van der Waals surface area contributed by atoms with Crippen LogP contribution in [0.25, 0.3) is 16.7 Å². The molecule has 35 heavy (non-hydrogen) atoms. The Morgan fingerprint density at radius 1 is 1.06 bits per heavy atom. The minimum atomic E-state index is -0.784. The van der Waals surface area contributed by atoms with E-state index in [1.165, 1.54) is 4.90 Å². The average Bonchev–Trinajstić information content (AvgIpc) is 3.42. The van der Waals surface area contributed by atoms with Gasteiger partial charge in [-0.05, 0) is 61.4 Å². The van der Waals surface area contributed by atoms with E-state index >= 15 is 0 Å². The standard InChI is InChI=1S/C28H25N3O4/c1-2-35-20-12-10-18(11-13-20)26(32)24-25(23-9-5-6-15-29-23)31(28(34)27(24)33)16-14-19-17-30-22-8-4-3-7-21(19)22/h3-13,15,17,25,30,32H,2,14,16H2,1H3/b26-24+. The predicted molar refractivity (Wildman–Crippen MR) is 133 cm³/mol. The van der Waals surface area contributed by atoms with Crippen LogP contribution >= 0.6 is 0 Å². The maximum atomic E-state index is 13.2. The zero-order chi connectivity index (χ0) is 24.4. The highest BCUT2D eigenvalue weighted by molar-refractivity contribution is 6.46. The Bertz CT molecular complexity index is 1410. The molecule has 0 spiro atoms. The lowest BCUT2D eigenvalue weighted by Crippen LogP contribution is -2.32. The molecule has 176 valence electrons. The van der Waals surface area contributed by atoms with E-state index in [1.807, 2.05) is 37.4 Å². The SMILES string of the molecule is CCOc1ccc(/C(O)=C2\C(=O)C(=O)N(CCc3c[nH]c4ccccc34)C2c2ccccn2)cc1. The number of Topliss-reactive ketones (excluding diaryl/α,β-unsaturated/α-hetero) is 1. The number of hydrogen-bond acceptors (Lipinski definition) is 5. The van der Waals surface area contributed by atoms with E-state index in [4.69, 9.17) is 4.74 Å². The van der Waals surface area contributed by atoms with Crippen molar-refractivity contribution >= 4 is 28.4 Å². The van der Waals surface area contributed by atoms with Gasteiger partial charge in [0.05, 0.1) is 17.9 Å². The average molecular weight is 468 g/mol. The number of nitrogens with zero attached hydrogens (tertiary/aromatic N) is 2.